The molecular weight excluding hydrogens is 1310 g/mol. The molecule has 0 aromatic heterocycles. The molecule has 0 aromatic carbocycles. The van der Waals surface area contributed by atoms with Gasteiger partial charge in [-0.25, -0.2) is 9.13 Å². The molecule has 0 aromatic rings. The lowest BCUT2D eigenvalue weighted by Gasteiger charge is -2.21. The van der Waals surface area contributed by atoms with Crippen molar-refractivity contribution in [2.24, 2.45) is 11.8 Å². The van der Waals surface area contributed by atoms with E-state index in [1.54, 1.807) is 0 Å². The van der Waals surface area contributed by atoms with Gasteiger partial charge in [0, 0.05) is 25.7 Å². The van der Waals surface area contributed by atoms with E-state index < -0.39 is 97.5 Å². The number of phosphoric acid groups is 2. The molecule has 0 saturated heterocycles. The first-order chi connectivity index (χ1) is 48.4. The SMILES string of the molecule is CCCCCCCCCCCCCCCCCCCCCC(=O)OC[C@H](COP(=O)(O)OC[C@@H](O)COP(=O)(O)OC[C@@H](COC(=O)CCCCCCC)OC(=O)CCCCCCCCCCCCCCCCC(C)C)OC(=O)CCCCCCCCCCCCCCCCCCC(C)C. The Bertz CT molecular complexity index is 1920. The average molecular weight is 1470 g/mol. The van der Waals surface area contributed by atoms with Crippen molar-refractivity contribution in [1.82, 2.24) is 0 Å². The Morgan fingerprint density at radius 3 is 0.680 bits per heavy atom. The molecule has 0 aliphatic heterocycles. The Morgan fingerprint density at radius 2 is 0.460 bits per heavy atom. The lowest BCUT2D eigenvalue weighted by molar-refractivity contribution is -0.161. The van der Waals surface area contributed by atoms with Crippen molar-refractivity contribution in [3.63, 3.8) is 0 Å². The maximum absolute atomic E-state index is 13.1. The van der Waals surface area contributed by atoms with E-state index in [-0.39, 0.29) is 25.7 Å². The van der Waals surface area contributed by atoms with E-state index in [0.29, 0.717) is 25.7 Å². The number of carbonyl (C=O) groups is 4. The van der Waals surface area contributed by atoms with Crippen LogP contribution >= 0.6 is 15.6 Å². The van der Waals surface area contributed by atoms with Gasteiger partial charge in [-0.2, -0.15) is 0 Å². The van der Waals surface area contributed by atoms with Crippen molar-refractivity contribution >= 4 is 39.5 Å². The first-order valence-electron chi connectivity index (χ1n) is 42.0. The van der Waals surface area contributed by atoms with Gasteiger partial charge < -0.3 is 33.8 Å². The lowest BCUT2D eigenvalue weighted by atomic mass is 10.0. The van der Waals surface area contributed by atoms with Gasteiger partial charge in [0.2, 0.25) is 0 Å². The standard InChI is InChI=1S/C81H158O17P2/c1-7-9-11-13-14-15-16-17-18-19-20-21-25-31-36-41-46-52-58-64-79(84)92-70-77(98-81(86)66-60-53-47-42-37-32-26-23-22-24-29-34-39-44-50-55-61-73(3)4)72-96-100(89,90)94-68-75(82)67-93-99(87,88)95-71-76(69-91-78(83)63-57-49-12-10-8-2)97-80(85)65-59-54-48-43-38-33-28-27-30-35-40-45-51-56-62-74(5)6/h73-77,82H,7-72H2,1-6H3,(H,87,88)(H,89,90)/t75-,76+,77+/m0/s1. The van der Waals surface area contributed by atoms with Crippen LogP contribution in [0, 0.1) is 11.8 Å². The van der Waals surface area contributed by atoms with Gasteiger partial charge in [-0.15, -0.1) is 0 Å². The fourth-order valence-electron chi connectivity index (χ4n) is 12.5. The van der Waals surface area contributed by atoms with E-state index in [1.165, 1.54) is 238 Å². The summed E-state index contributed by atoms with van der Waals surface area (Å²) in [5.74, 6) is -0.515. The molecule has 100 heavy (non-hydrogen) atoms. The zero-order chi connectivity index (χ0) is 73.5. The van der Waals surface area contributed by atoms with Gasteiger partial charge in [0.25, 0.3) is 0 Å². The molecule has 19 heteroatoms. The Balaban J connectivity index is 5.12. The fourth-order valence-corrected chi connectivity index (χ4v) is 14.1. The monoisotopic (exact) mass is 1470 g/mol. The van der Waals surface area contributed by atoms with Gasteiger partial charge in [0.05, 0.1) is 26.4 Å². The predicted molar refractivity (Wildman–Crippen MR) is 409 cm³/mol. The third kappa shape index (κ3) is 74.3. The molecule has 5 atom stereocenters. The van der Waals surface area contributed by atoms with Crippen LogP contribution in [-0.2, 0) is 65.4 Å². The molecule has 0 heterocycles. The third-order valence-electron chi connectivity index (χ3n) is 19.0. The van der Waals surface area contributed by atoms with E-state index in [9.17, 15) is 43.2 Å². The van der Waals surface area contributed by atoms with E-state index >= 15 is 0 Å². The minimum Gasteiger partial charge on any atom is -0.462 e. The Kier molecular flexibility index (Phi) is 71.2. The van der Waals surface area contributed by atoms with E-state index in [4.69, 9.17) is 37.0 Å². The molecule has 0 aliphatic carbocycles. The lowest BCUT2D eigenvalue weighted by Crippen LogP contribution is -2.30. The topological polar surface area (TPSA) is 237 Å². The van der Waals surface area contributed by atoms with Crippen molar-refractivity contribution in [3.05, 3.63) is 0 Å². The van der Waals surface area contributed by atoms with Crippen molar-refractivity contribution < 1.29 is 80.2 Å². The van der Waals surface area contributed by atoms with Crippen LogP contribution < -0.4 is 0 Å². The molecule has 0 radical (unpaired) electrons. The molecule has 594 valence electrons. The number of aliphatic hydroxyl groups excluding tert-OH is 1. The van der Waals surface area contributed by atoms with E-state index in [2.05, 4.69) is 41.5 Å². The minimum atomic E-state index is -4.96. The van der Waals surface area contributed by atoms with Crippen LogP contribution in [0.2, 0.25) is 0 Å². The van der Waals surface area contributed by atoms with Crippen molar-refractivity contribution in [2.75, 3.05) is 39.6 Å². The summed E-state index contributed by atoms with van der Waals surface area (Å²) in [5.41, 5.74) is 0. The number of ether oxygens (including phenoxy) is 4. The molecule has 2 unspecified atom stereocenters. The quantitative estimate of drug-likeness (QED) is 0.0222. The normalized spacial score (nSPS) is 13.9. The molecular formula is C81H158O17P2. The van der Waals surface area contributed by atoms with E-state index in [0.717, 1.165) is 108 Å². The van der Waals surface area contributed by atoms with Gasteiger partial charge in [0.1, 0.15) is 19.3 Å². The number of esters is 4. The highest BCUT2D eigenvalue weighted by Crippen LogP contribution is 2.45. The summed E-state index contributed by atoms with van der Waals surface area (Å²) >= 11 is 0. The second-order valence-electron chi connectivity index (χ2n) is 30.1. The summed E-state index contributed by atoms with van der Waals surface area (Å²) < 4.78 is 68.5. The smallest absolute Gasteiger partial charge is 0.462 e. The van der Waals surface area contributed by atoms with Gasteiger partial charge in [-0.05, 0) is 37.5 Å². The van der Waals surface area contributed by atoms with Crippen LogP contribution in [0.1, 0.15) is 427 Å². The molecule has 0 rings (SSSR count). The summed E-state index contributed by atoms with van der Waals surface area (Å²) in [7, 11) is -9.91. The van der Waals surface area contributed by atoms with Crippen molar-refractivity contribution in [3.8, 4) is 0 Å². The highest BCUT2D eigenvalue weighted by atomic mass is 31.2. The van der Waals surface area contributed by atoms with Crippen LogP contribution in [0.15, 0.2) is 0 Å². The average Bonchev–Trinajstić information content (AvgIpc) is 0.942. The van der Waals surface area contributed by atoms with Crippen molar-refractivity contribution in [1.29, 1.82) is 0 Å². The zero-order valence-electron chi connectivity index (χ0n) is 65.5. The number of hydrogen-bond acceptors (Lipinski definition) is 15. The molecule has 17 nitrogen and oxygen atoms in total. The number of hydrogen-bond donors (Lipinski definition) is 3. The molecule has 3 N–H and O–H groups in total. The fraction of sp³-hybridized carbons (Fsp3) is 0.951. The van der Waals surface area contributed by atoms with Crippen LogP contribution in [0.25, 0.3) is 0 Å². The van der Waals surface area contributed by atoms with Gasteiger partial charge in [-0.3, -0.25) is 37.3 Å². The molecule has 0 saturated carbocycles. The number of carbonyl (C=O) groups excluding carboxylic acids is 4. The van der Waals surface area contributed by atoms with Crippen LogP contribution in [-0.4, -0.2) is 96.7 Å². The Labute approximate surface area is 613 Å². The number of phosphoric ester groups is 2. The maximum Gasteiger partial charge on any atom is 0.472 e. The summed E-state index contributed by atoms with van der Waals surface area (Å²) in [6.45, 7) is 9.60. The minimum absolute atomic E-state index is 0.107. The summed E-state index contributed by atoms with van der Waals surface area (Å²) in [5, 5.41) is 10.6. The van der Waals surface area contributed by atoms with Gasteiger partial charge in [0.15, 0.2) is 12.2 Å². The largest absolute Gasteiger partial charge is 0.472 e. The second kappa shape index (κ2) is 72.6. The summed E-state index contributed by atoms with van der Waals surface area (Å²) in [6, 6.07) is 0. The number of aliphatic hydroxyl groups is 1. The number of unbranched alkanes of at least 4 members (excludes halogenated alkanes) is 50. The van der Waals surface area contributed by atoms with E-state index in [1.807, 2.05) is 0 Å². The Hall–Kier alpha value is -1.94. The number of rotatable bonds is 80. The second-order valence-corrected chi connectivity index (χ2v) is 33.0. The predicted octanol–water partition coefficient (Wildman–Crippen LogP) is 24.3. The maximum atomic E-state index is 13.1. The highest BCUT2D eigenvalue weighted by Gasteiger charge is 2.30. The Morgan fingerprint density at radius 1 is 0.270 bits per heavy atom. The molecule has 0 fully saturated rings. The van der Waals surface area contributed by atoms with Gasteiger partial charge in [-0.1, -0.05) is 375 Å². The highest BCUT2D eigenvalue weighted by molar-refractivity contribution is 7.47. The summed E-state index contributed by atoms with van der Waals surface area (Å²) in [6.07, 6.45) is 62.9. The van der Waals surface area contributed by atoms with Crippen LogP contribution in [0.5, 0.6) is 0 Å². The molecule has 0 aliphatic rings. The molecule has 0 bridgehead atoms. The first kappa shape index (κ1) is 98.1. The first-order valence-corrected chi connectivity index (χ1v) is 45.0. The zero-order valence-corrected chi connectivity index (χ0v) is 67.3. The van der Waals surface area contributed by atoms with Gasteiger partial charge >= 0.3 is 39.5 Å². The molecule has 0 spiro atoms. The van der Waals surface area contributed by atoms with Crippen LogP contribution in [0.3, 0.4) is 0 Å². The summed E-state index contributed by atoms with van der Waals surface area (Å²) in [4.78, 5) is 72.7. The third-order valence-corrected chi connectivity index (χ3v) is 20.9. The van der Waals surface area contributed by atoms with Crippen molar-refractivity contribution in [2.45, 2.75) is 445 Å². The molecule has 0 amide bonds. The van der Waals surface area contributed by atoms with Crippen LogP contribution in [0.4, 0.5) is 0 Å².